The van der Waals surface area contributed by atoms with Crippen molar-refractivity contribution >= 4 is 12.0 Å². The van der Waals surface area contributed by atoms with E-state index in [1.165, 1.54) is 0 Å². The van der Waals surface area contributed by atoms with Gasteiger partial charge in [-0.05, 0) is 32.4 Å². The van der Waals surface area contributed by atoms with Crippen molar-refractivity contribution < 1.29 is 9.53 Å². The van der Waals surface area contributed by atoms with E-state index in [2.05, 4.69) is 0 Å². The first-order valence-electron chi connectivity index (χ1n) is 6.74. The summed E-state index contributed by atoms with van der Waals surface area (Å²) in [6.07, 6.45) is 2.15. The van der Waals surface area contributed by atoms with E-state index in [-0.39, 0.29) is 18.1 Å². The summed E-state index contributed by atoms with van der Waals surface area (Å²) in [6, 6.07) is 9.92. The van der Waals surface area contributed by atoms with Gasteiger partial charge in [-0.1, -0.05) is 30.3 Å². The van der Waals surface area contributed by atoms with Crippen molar-refractivity contribution in [1.29, 1.82) is 0 Å². The number of ether oxygens (including phenoxy) is 1. The third-order valence-electron chi connectivity index (χ3n) is 3.23. The first-order valence-corrected chi connectivity index (χ1v) is 6.74. The van der Waals surface area contributed by atoms with Crippen LogP contribution in [0.3, 0.4) is 0 Å². The summed E-state index contributed by atoms with van der Waals surface area (Å²) in [7, 11) is 0. The Morgan fingerprint density at radius 3 is 2.37 bits per heavy atom. The second-order valence-electron chi connectivity index (χ2n) is 5.21. The van der Waals surface area contributed by atoms with E-state index < -0.39 is 0 Å². The van der Waals surface area contributed by atoms with Gasteiger partial charge in [0.05, 0.1) is 12.2 Å². The number of morpholine rings is 1. The molecule has 3 heteroatoms. The Morgan fingerprint density at radius 1 is 1.21 bits per heavy atom. The zero-order valence-corrected chi connectivity index (χ0v) is 11.8. The first kappa shape index (κ1) is 13.8. The highest BCUT2D eigenvalue weighted by molar-refractivity contribution is 5.97. The number of carbonyl (C=O) groups is 1. The van der Waals surface area contributed by atoms with E-state index in [4.69, 9.17) is 4.74 Å². The molecule has 1 aromatic rings. The summed E-state index contributed by atoms with van der Waals surface area (Å²) in [4.78, 5) is 14.3. The Bertz CT molecular complexity index is 457. The number of benzene rings is 1. The van der Waals surface area contributed by atoms with Gasteiger partial charge in [-0.25, -0.2) is 0 Å². The molecule has 1 aliphatic rings. The van der Waals surface area contributed by atoms with Gasteiger partial charge >= 0.3 is 0 Å². The van der Waals surface area contributed by atoms with Gasteiger partial charge in [-0.3, -0.25) is 4.79 Å². The number of amides is 1. The number of nitrogens with zero attached hydrogens (tertiary/aromatic N) is 1. The van der Waals surface area contributed by atoms with Gasteiger partial charge in [0, 0.05) is 18.7 Å². The lowest BCUT2D eigenvalue weighted by Gasteiger charge is -2.35. The zero-order valence-electron chi connectivity index (χ0n) is 11.8. The lowest BCUT2D eigenvalue weighted by molar-refractivity contribution is -0.139. The van der Waals surface area contributed by atoms with Crippen LogP contribution < -0.4 is 0 Å². The highest BCUT2D eigenvalue weighted by atomic mass is 16.5. The Morgan fingerprint density at radius 2 is 1.79 bits per heavy atom. The largest absolute Gasteiger partial charge is 0.372 e. The van der Waals surface area contributed by atoms with E-state index in [0.29, 0.717) is 13.1 Å². The molecule has 1 fully saturated rings. The fourth-order valence-electron chi connectivity index (χ4n) is 2.45. The smallest absolute Gasteiger partial charge is 0.249 e. The number of carbonyl (C=O) groups excluding carboxylic acids is 1. The fraction of sp³-hybridized carbons (Fsp3) is 0.438. The van der Waals surface area contributed by atoms with Crippen molar-refractivity contribution in [2.75, 3.05) is 13.1 Å². The quantitative estimate of drug-likeness (QED) is 0.764. The van der Waals surface area contributed by atoms with E-state index in [1.54, 1.807) is 0 Å². The summed E-state index contributed by atoms with van der Waals surface area (Å²) >= 11 is 0. The van der Waals surface area contributed by atoms with E-state index >= 15 is 0 Å². The van der Waals surface area contributed by atoms with Crippen LogP contribution in [-0.4, -0.2) is 36.1 Å². The Labute approximate surface area is 114 Å². The average Bonchev–Trinajstić information content (AvgIpc) is 2.37. The molecule has 2 atom stereocenters. The van der Waals surface area contributed by atoms with Gasteiger partial charge < -0.3 is 9.64 Å². The molecule has 102 valence electrons. The molecule has 0 aliphatic carbocycles. The van der Waals surface area contributed by atoms with Crippen LogP contribution >= 0.6 is 0 Å². The molecule has 0 unspecified atom stereocenters. The van der Waals surface area contributed by atoms with Crippen LogP contribution in [0.4, 0.5) is 0 Å². The Balaban J connectivity index is 2.09. The minimum Gasteiger partial charge on any atom is -0.372 e. The maximum absolute atomic E-state index is 12.4. The van der Waals surface area contributed by atoms with Crippen LogP contribution in [0.2, 0.25) is 0 Å². The molecule has 1 aliphatic heterocycles. The van der Waals surface area contributed by atoms with E-state index in [0.717, 1.165) is 11.1 Å². The SMILES string of the molecule is C/C(=C\c1ccccc1)C(=O)N1C[C@H](C)O[C@@H](C)C1. The molecule has 0 N–H and O–H groups in total. The molecule has 0 spiro atoms. The van der Waals surface area contributed by atoms with Crippen LogP contribution in [0.5, 0.6) is 0 Å². The molecule has 0 saturated carbocycles. The first-order chi connectivity index (χ1) is 9.06. The summed E-state index contributed by atoms with van der Waals surface area (Å²) in [5, 5.41) is 0. The predicted molar refractivity (Wildman–Crippen MR) is 76.7 cm³/mol. The van der Waals surface area contributed by atoms with E-state index in [9.17, 15) is 4.79 Å². The lowest BCUT2D eigenvalue weighted by Crippen LogP contribution is -2.48. The zero-order chi connectivity index (χ0) is 13.8. The van der Waals surface area contributed by atoms with Crippen molar-refractivity contribution in [2.24, 2.45) is 0 Å². The van der Waals surface area contributed by atoms with Crippen LogP contribution in [0.25, 0.3) is 6.08 Å². The molecule has 1 heterocycles. The molecule has 3 nitrogen and oxygen atoms in total. The molecule has 1 amide bonds. The summed E-state index contributed by atoms with van der Waals surface area (Å²) in [6.45, 7) is 7.23. The molecule has 0 aromatic heterocycles. The standard InChI is InChI=1S/C16H21NO2/c1-12(9-15-7-5-4-6-8-15)16(18)17-10-13(2)19-14(3)11-17/h4-9,13-14H,10-11H2,1-3H3/b12-9+/t13-,14-/m0/s1. The van der Waals surface area contributed by atoms with Crippen LogP contribution in [0.1, 0.15) is 26.3 Å². The number of rotatable bonds is 2. The molecule has 0 radical (unpaired) electrons. The van der Waals surface area contributed by atoms with Gasteiger partial charge in [0.25, 0.3) is 0 Å². The Hall–Kier alpha value is -1.61. The molecule has 1 saturated heterocycles. The fourth-order valence-corrected chi connectivity index (χ4v) is 2.45. The van der Waals surface area contributed by atoms with Crippen molar-refractivity contribution in [3.63, 3.8) is 0 Å². The van der Waals surface area contributed by atoms with Crippen molar-refractivity contribution in [2.45, 2.75) is 33.0 Å². The summed E-state index contributed by atoms with van der Waals surface area (Å²) < 4.78 is 5.65. The molecule has 2 rings (SSSR count). The summed E-state index contributed by atoms with van der Waals surface area (Å²) in [5.41, 5.74) is 1.83. The molecule has 19 heavy (non-hydrogen) atoms. The van der Waals surface area contributed by atoms with Gasteiger partial charge in [0.2, 0.25) is 5.91 Å². The van der Waals surface area contributed by atoms with Gasteiger partial charge in [-0.2, -0.15) is 0 Å². The average molecular weight is 259 g/mol. The Kier molecular flexibility index (Phi) is 4.38. The molecular weight excluding hydrogens is 238 g/mol. The second-order valence-corrected chi connectivity index (χ2v) is 5.21. The van der Waals surface area contributed by atoms with Crippen LogP contribution in [0.15, 0.2) is 35.9 Å². The third-order valence-corrected chi connectivity index (χ3v) is 3.23. The minimum absolute atomic E-state index is 0.103. The maximum Gasteiger partial charge on any atom is 0.249 e. The van der Waals surface area contributed by atoms with Crippen LogP contribution in [-0.2, 0) is 9.53 Å². The van der Waals surface area contributed by atoms with Crippen molar-refractivity contribution in [3.05, 3.63) is 41.5 Å². The van der Waals surface area contributed by atoms with Gasteiger partial charge in [0.15, 0.2) is 0 Å². The topological polar surface area (TPSA) is 29.5 Å². The lowest BCUT2D eigenvalue weighted by atomic mass is 10.1. The maximum atomic E-state index is 12.4. The number of hydrogen-bond acceptors (Lipinski definition) is 2. The monoisotopic (exact) mass is 259 g/mol. The van der Waals surface area contributed by atoms with Crippen molar-refractivity contribution in [3.8, 4) is 0 Å². The van der Waals surface area contributed by atoms with Crippen molar-refractivity contribution in [1.82, 2.24) is 4.90 Å². The molecular formula is C16H21NO2. The minimum atomic E-state index is 0.103. The van der Waals surface area contributed by atoms with Crippen LogP contribution in [0, 0.1) is 0 Å². The predicted octanol–water partition coefficient (Wildman–Crippen LogP) is 2.73. The molecule has 0 bridgehead atoms. The summed E-state index contributed by atoms with van der Waals surface area (Å²) in [5.74, 6) is 0.103. The highest BCUT2D eigenvalue weighted by Crippen LogP contribution is 2.15. The highest BCUT2D eigenvalue weighted by Gasteiger charge is 2.26. The van der Waals surface area contributed by atoms with Gasteiger partial charge in [-0.15, -0.1) is 0 Å². The molecule has 1 aromatic carbocycles. The second kappa shape index (κ2) is 6.02. The third kappa shape index (κ3) is 3.67. The van der Waals surface area contributed by atoms with Gasteiger partial charge in [0.1, 0.15) is 0 Å². The van der Waals surface area contributed by atoms with E-state index in [1.807, 2.05) is 62.1 Å². The number of hydrogen-bond donors (Lipinski definition) is 0. The normalized spacial score (nSPS) is 24.4.